The van der Waals surface area contributed by atoms with Crippen molar-refractivity contribution in [2.24, 2.45) is 7.05 Å². The van der Waals surface area contributed by atoms with Crippen LogP contribution < -0.4 is 0 Å². The van der Waals surface area contributed by atoms with Gasteiger partial charge in [-0.3, -0.25) is 4.68 Å². The Morgan fingerprint density at radius 3 is 2.91 bits per heavy atom. The molecule has 1 heterocycles. The molecule has 1 atom stereocenters. The van der Waals surface area contributed by atoms with Crippen molar-refractivity contribution in [3.63, 3.8) is 0 Å². The second-order valence-corrected chi connectivity index (χ2v) is 3.51. The average Bonchev–Trinajstić information content (AvgIpc) is 2.41. The van der Waals surface area contributed by atoms with Crippen LogP contribution in [-0.4, -0.2) is 9.78 Å². The summed E-state index contributed by atoms with van der Waals surface area (Å²) in [5.41, 5.74) is 4.19. The molecule has 0 saturated carbocycles. The Morgan fingerprint density at radius 1 is 1.55 bits per heavy atom. The number of hydrogen-bond donors (Lipinski definition) is 0. The summed E-state index contributed by atoms with van der Waals surface area (Å²) in [6.45, 7) is 4.45. The molecular formula is C9H14N2. The first kappa shape index (κ1) is 6.89. The lowest BCUT2D eigenvalue weighted by molar-refractivity contribution is 0.672. The van der Waals surface area contributed by atoms with Crippen LogP contribution in [-0.2, 0) is 13.5 Å². The molecule has 0 spiro atoms. The summed E-state index contributed by atoms with van der Waals surface area (Å²) in [5, 5.41) is 4.46. The highest BCUT2D eigenvalue weighted by Crippen LogP contribution is 2.33. The molecule has 0 N–H and O–H groups in total. The van der Waals surface area contributed by atoms with Gasteiger partial charge in [-0.1, -0.05) is 6.92 Å². The number of nitrogens with zero attached hydrogens (tertiary/aromatic N) is 2. The zero-order chi connectivity index (χ0) is 8.01. The van der Waals surface area contributed by atoms with Gasteiger partial charge < -0.3 is 0 Å². The number of aromatic nitrogens is 2. The van der Waals surface area contributed by atoms with Crippen molar-refractivity contribution in [3.8, 4) is 0 Å². The molecule has 0 radical (unpaired) electrons. The van der Waals surface area contributed by atoms with Crippen molar-refractivity contribution in [2.75, 3.05) is 0 Å². The van der Waals surface area contributed by atoms with Gasteiger partial charge in [-0.25, -0.2) is 0 Å². The Bertz CT molecular complexity index is 286. The molecule has 0 bridgehead atoms. The smallest absolute Gasteiger partial charge is 0.0662 e. The van der Waals surface area contributed by atoms with Gasteiger partial charge in [-0.15, -0.1) is 0 Å². The molecule has 1 aromatic rings. The highest BCUT2D eigenvalue weighted by Gasteiger charge is 2.24. The van der Waals surface area contributed by atoms with Crippen molar-refractivity contribution in [1.82, 2.24) is 9.78 Å². The molecule has 11 heavy (non-hydrogen) atoms. The second-order valence-electron chi connectivity index (χ2n) is 3.51. The normalized spacial score (nSPS) is 22.3. The maximum Gasteiger partial charge on any atom is 0.0662 e. The molecule has 0 saturated heterocycles. The highest BCUT2D eigenvalue weighted by atomic mass is 15.3. The Balaban J connectivity index is 2.58. The van der Waals surface area contributed by atoms with E-state index in [0.29, 0.717) is 0 Å². The van der Waals surface area contributed by atoms with Gasteiger partial charge in [0.05, 0.1) is 5.69 Å². The van der Waals surface area contributed by atoms with Crippen molar-refractivity contribution < 1.29 is 0 Å². The molecule has 0 amide bonds. The first-order chi connectivity index (χ1) is 5.20. The van der Waals surface area contributed by atoms with E-state index in [9.17, 15) is 0 Å². The van der Waals surface area contributed by atoms with Crippen LogP contribution in [0.1, 0.15) is 36.2 Å². The summed E-state index contributed by atoms with van der Waals surface area (Å²) < 4.78 is 2.00. The first-order valence-electron chi connectivity index (χ1n) is 4.22. The van der Waals surface area contributed by atoms with E-state index in [0.717, 1.165) is 5.92 Å². The maximum absolute atomic E-state index is 4.46. The largest absolute Gasteiger partial charge is 0.272 e. The van der Waals surface area contributed by atoms with Crippen LogP contribution in [0.4, 0.5) is 0 Å². The number of hydrogen-bond acceptors (Lipinski definition) is 1. The van der Waals surface area contributed by atoms with E-state index in [1.165, 1.54) is 29.8 Å². The number of aryl methyl sites for hydroxylation is 2. The van der Waals surface area contributed by atoms with Crippen LogP contribution in [0, 0.1) is 6.92 Å². The Kier molecular flexibility index (Phi) is 1.31. The molecule has 1 aliphatic carbocycles. The lowest BCUT2D eigenvalue weighted by Crippen LogP contribution is -1.97. The molecule has 2 rings (SSSR count). The first-order valence-corrected chi connectivity index (χ1v) is 4.22. The fourth-order valence-corrected chi connectivity index (χ4v) is 2.02. The lowest BCUT2D eigenvalue weighted by atomic mass is 10.1. The minimum atomic E-state index is 0.735. The molecule has 2 heteroatoms. The van der Waals surface area contributed by atoms with Crippen molar-refractivity contribution in [1.29, 1.82) is 0 Å². The summed E-state index contributed by atoms with van der Waals surface area (Å²) in [6, 6.07) is 0. The van der Waals surface area contributed by atoms with E-state index in [1.54, 1.807) is 0 Å². The molecule has 0 aromatic carbocycles. The van der Waals surface area contributed by atoms with Gasteiger partial charge in [0.25, 0.3) is 0 Å². The van der Waals surface area contributed by atoms with Gasteiger partial charge >= 0.3 is 0 Å². The molecule has 2 nitrogen and oxygen atoms in total. The summed E-state index contributed by atoms with van der Waals surface area (Å²) >= 11 is 0. The van der Waals surface area contributed by atoms with Crippen LogP contribution >= 0.6 is 0 Å². The summed E-state index contributed by atoms with van der Waals surface area (Å²) in [7, 11) is 2.03. The molecule has 0 aliphatic heterocycles. The molecule has 1 aromatic heterocycles. The molecule has 1 aliphatic rings. The van der Waals surface area contributed by atoms with Gasteiger partial charge in [0, 0.05) is 12.7 Å². The van der Waals surface area contributed by atoms with E-state index >= 15 is 0 Å². The minimum Gasteiger partial charge on any atom is -0.272 e. The van der Waals surface area contributed by atoms with Crippen LogP contribution in [0.25, 0.3) is 0 Å². The fourth-order valence-electron chi connectivity index (χ4n) is 2.02. The summed E-state index contributed by atoms with van der Waals surface area (Å²) in [6.07, 6.45) is 2.47. The second kappa shape index (κ2) is 2.10. The van der Waals surface area contributed by atoms with Gasteiger partial charge in [0.2, 0.25) is 0 Å². The Hall–Kier alpha value is -0.790. The molecular weight excluding hydrogens is 136 g/mol. The Morgan fingerprint density at radius 2 is 2.27 bits per heavy atom. The van der Waals surface area contributed by atoms with Crippen LogP contribution in [0.2, 0.25) is 0 Å². The molecule has 0 fully saturated rings. The predicted molar refractivity (Wildman–Crippen MR) is 44.7 cm³/mol. The fraction of sp³-hybridized carbons (Fsp3) is 0.667. The topological polar surface area (TPSA) is 17.8 Å². The summed E-state index contributed by atoms with van der Waals surface area (Å²) in [5.74, 6) is 0.735. The van der Waals surface area contributed by atoms with E-state index < -0.39 is 0 Å². The zero-order valence-electron chi connectivity index (χ0n) is 7.39. The van der Waals surface area contributed by atoms with Gasteiger partial charge in [0.15, 0.2) is 0 Å². The molecule has 1 unspecified atom stereocenters. The summed E-state index contributed by atoms with van der Waals surface area (Å²) in [4.78, 5) is 0. The van der Waals surface area contributed by atoms with Crippen LogP contribution in [0.3, 0.4) is 0 Å². The van der Waals surface area contributed by atoms with Crippen LogP contribution in [0.5, 0.6) is 0 Å². The quantitative estimate of drug-likeness (QED) is 0.551. The standard InChI is InChI=1S/C9H14N2/c1-6-4-5-8-9(6)7(2)11(3)10-8/h6H,4-5H2,1-3H3. The van der Waals surface area contributed by atoms with E-state index in [1.807, 2.05) is 11.7 Å². The zero-order valence-corrected chi connectivity index (χ0v) is 7.39. The SMILES string of the molecule is Cc1c2c(nn1C)CCC2C. The van der Waals surface area contributed by atoms with Crippen LogP contribution in [0.15, 0.2) is 0 Å². The maximum atomic E-state index is 4.46. The number of fused-ring (bicyclic) bond motifs is 1. The minimum absolute atomic E-state index is 0.735. The van der Waals surface area contributed by atoms with E-state index in [2.05, 4.69) is 18.9 Å². The van der Waals surface area contributed by atoms with Crippen molar-refractivity contribution in [3.05, 3.63) is 17.0 Å². The third kappa shape index (κ3) is 0.817. The van der Waals surface area contributed by atoms with Crippen molar-refractivity contribution >= 4 is 0 Å². The van der Waals surface area contributed by atoms with Gasteiger partial charge in [-0.05, 0) is 31.2 Å². The average molecular weight is 150 g/mol. The third-order valence-electron chi connectivity index (χ3n) is 2.76. The molecule has 60 valence electrons. The predicted octanol–water partition coefficient (Wildman–Crippen LogP) is 1.78. The van der Waals surface area contributed by atoms with Gasteiger partial charge in [-0.2, -0.15) is 5.10 Å². The Labute approximate surface area is 67.2 Å². The highest BCUT2D eigenvalue weighted by molar-refractivity contribution is 5.33. The van der Waals surface area contributed by atoms with Crippen molar-refractivity contribution in [2.45, 2.75) is 32.6 Å². The monoisotopic (exact) mass is 150 g/mol. The third-order valence-corrected chi connectivity index (χ3v) is 2.76. The van der Waals surface area contributed by atoms with E-state index in [4.69, 9.17) is 0 Å². The van der Waals surface area contributed by atoms with E-state index in [-0.39, 0.29) is 0 Å². The van der Waals surface area contributed by atoms with Gasteiger partial charge in [0.1, 0.15) is 0 Å². The lowest BCUT2D eigenvalue weighted by Gasteiger charge is -2.02. The number of rotatable bonds is 0.